The fourth-order valence-electron chi connectivity index (χ4n) is 3.72. The molecule has 29 heavy (non-hydrogen) atoms. The number of aryl methyl sites for hydroxylation is 1. The summed E-state index contributed by atoms with van der Waals surface area (Å²) in [6, 6.07) is 10.4. The molecule has 1 fully saturated rings. The third kappa shape index (κ3) is 3.97. The molecule has 7 heteroatoms. The van der Waals surface area contributed by atoms with Gasteiger partial charge in [0.25, 0.3) is 0 Å². The Kier molecular flexibility index (Phi) is 5.51. The first kappa shape index (κ1) is 19.4. The van der Waals surface area contributed by atoms with Gasteiger partial charge in [0.15, 0.2) is 5.75 Å². The second-order valence-electron chi connectivity index (χ2n) is 7.23. The van der Waals surface area contributed by atoms with Crippen molar-refractivity contribution in [3.05, 3.63) is 53.1 Å². The first-order valence-corrected chi connectivity index (χ1v) is 9.81. The molecule has 1 unspecified atom stereocenters. The summed E-state index contributed by atoms with van der Waals surface area (Å²) in [4.78, 5) is 27.1. The molecule has 2 aliphatic heterocycles. The maximum Gasteiger partial charge on any atom is 0.224 e. The maximum atomic E-state index is 13.2. The molecule has 2 heterocycles. The smallest absolute Gasteiger partial charge is 0.224 e. The van der Waals surface area contributed by atoms with Crippen LogP contribution in [0, 0.1) is 0 Å². The van der Waals surface area contributed by atoms with Crippen molar-refractivity contribution >= 4 is 17.4 Å². The van der Waals surface area contributed by atoms with E-state index in [1.54, 1.807) is 30.3 Å². The number of phenolic OH excluding ortho intramolecular Hbond substituents is 1. The number of ketones is 1. The molecule has 0 aliphatic carbocycles. The van der Waals surface area contributed by atoms with Crippen LogP contribution in [0.2, 0.25) is 0 Å². The Bertz CT molecular complexity index is 937. The van der Waals surface area contributed by atoms with E-state index in [9.17, 15) is 14.7 Å². The highest BCUT2D eigenvalue weighted by atomic mass is 16.5. The van der Waals surface area contributed by atoms with Gasteiger partial charge in [0, 0.05) is 19.5 Å². The minimum Gasteiger partial charge on any atom is -0.505 e. The molecule has 152 valence electrons. The number of hydrogen-bond acceptors (Lipinski definition) is 6. The highest BCUT2D eigenvalue weighted by Crippen LogP contribution is 2.37. The van der Waals surface area contributed by atoms with Crippen LogP contribution < -0.4 is 10.1 Å². The van der Waals surface area contributed by atoms with E-state index in [0.29, 0.717) is 43.1 Å². The summed E-state index contributed by atoms with van der Waals surface area (Å²) in [5.74, 6) is -0.260. The number of nitrogens with one attached hydrogen (secondary N) is 1. The van der Waals surface area contributed by atoms with Crippen molar-refractivity contribution in [2.24, 2.45) is 0 Å². The maximum absolute atomic E-state index is 13.2. The summed E-state index contributed by atoms with van der Waals surface area (Å²) in [5.41, 5.74) is 1.65. The Labute approximate surface area is 169 Å². The van der Waals surface area contributed by atoms with Gasteiger partial charge < -0.3 is 19.9 Å². The van der Waals surface area contributed by atoms with Crippen molar-refractivity contribution in [3.63, 3.8) is 0 Å². The van der Waals surface area contributed by atoms with Crippen LogP contribution in [0.3, 0.4) is 0 Å². The zero-order valence-electron chi connectivity index (χ0n) is 16.3. The van der Waals surface area contributed by atoms with Crippen molar-refractivity contribution < 1.29 is 24.2 Å². The summed E-state index contributed by atoms with van der Waals surface area (Å²) in [7, 11) is 0. The molecule has 4 rings (SSSR count). The van der Waals surface area contributed by atoms with E-state index in [1.165, 1.54) is 0 Å². The van der Waals surface area contributed by atoms with E-state index < -0.39 is 0 Å². The number of rotatable bonds is 5. The minimum absolute atomic E-state index is 0.140. The van der Waals surface area contributed by atoms with Crippen molar-refractivity contribution in [3.8, 4) is 11.5 Å². The van der Waals surface area contributed by atoms with E-state index in [1.807, 2.05) is 13.0 Å². The monoisotopic (exact) mass is 396 g/mol. The van der Waals surface area contributed by atoms with Crippen LogP contribution in [-0.4, -0.2) is 54.2 Å². The van der Waals surface area contributed by atoms with Gasteiger partial charge in [-0.25, -0.2) is 0 Å². The fraction of sp³-hybridized carbons (Fsp3) is 0.364. The Hall–Kier alpha value is -2.90. The number of aromatic hydroxyl groups is 1. The van der Waals surface area contributed by atoms with Gasteiger partial charge in [-0.05, 0) is 37.1 Å². The van der Waals surface area contributed by atoms with Gasteiger partial charge in [0.2, 0.25) is 11.7 Å². The normalized spacial score (nSPS) is 17.9. The van der Waals surface area contributed by atoms with Crippen molar-refractivity contribution in [1.82, 2.24) is 4.90 Å². The first-order valence-electron chi connectivity index (χ1n) is 9.81. The molecule has 0 bridgehead atoms. The molecule has 2 aromatic rings. The lowest BCUT2D eigenvalue weighted by Crippen LogP contribution is -2.44. The van der Waals surface area contributed by atoms with E-state index in [4.69, 9.17) is 9.47 Å². The summed E-state index contributed by atoms with van der Waals surface area (Å²) < 4.78 is 11.5. The first-order chi connectivity index (χ1) is 14.0. The zero-order chi connectivity index (χ0) is 20.4. The summed E-state index contributed by atoms with van der Waals surface area (Å²) in [6.07, 6.45) is 0.694. The predicted molar refractivity (Wildman–Crippen MR) is 107 cm³/mol. The summed E-state index contributed by atoms with van der Waals surface area (Å²) >= 11 is 0. The van der Waals surface area contributed by atoms with Crippen LogP contribution in [0.25, 0.3) is 0 Å². The van der Waals surface area contributed by atoms with Gasteiger partial charge >= 0.3 is 0 Å². The molecule has 2 aliphatic rings. The molecule has 2 aromatic carbocycles. The third-order valence-electron chi connectivity index (χ3n) is 5.38. The number of para-hydroxylation sites is 1. The molecule has 7 nitrogen and oxygen atoms in total. The number of anilines is 1. The van der Waals surface area contributed by atoms with Crippen molar-refractivity contribution in [1.29, 1.82) is 0 Å². The topological polar surface area (TPSA) is 88.1 Å². The largest absolute Gasteiger partial charge is 0.505 e. The quantitative estimate of drug-likeness (QED) is 0.597. The van der Waals surface area contributed by atoms with Gasteiger partial charge in [-0.15, -0.1) is 0 Å². The third-order valence-corrected chi connectivity index (χ3v) is 5.38. The number of carbonyl (C=O) groups excluding carboxylic acids is 2. The highest BCUT2D eigenvalue weighted by Gasteiger charge is 2.26. The molecule has 0 saturated carbocycles. The molecule has 1 saturated heterocycles. The summed E-state index contributed by atoms with van der Waals surface area (Å²) in [6.45, 7) is 4.79. The summed E-state index contributed by atoms with van der Waals surface area (Å²) in [5, 5.41) is 13.3. The van der Waals surface area contributed by atoms with Gasteiger partial charge in [-0.3, -0.25) is 14.5 Å². The lowest BCUT2D eigenvalue weighted by molar-refractivity contribution is -0.116. The van der Waals surface area contributed by atoms with Gasteiger partial charge in [0.05, 0.1) is 30.0 Å². The molecule has 1 amide bonds. The SMILES string of the molecule is CC(Oc1ccccc1C(=O)c1ccc2c(c1O)NC(=O)CC2)N1CCOCC1. The van der Waals surface area contributed by atoms with Gasteiger partial charge in [-0.2, -0.15) is 0 Å². The zero-order valence-corrected chi connectivity index (χ0v) is 16.3. The molecule has 0 spiro atoms. The number of phenols is 1. The number of fused-ring (bicyclic) bond motifs is 1. The molecule has 1 atom stereocenters. The van der Waals surface area contributed by atoms with Crippen LogP contribution in [-0.2, 0) is 16.0 Å². The Morgan fingerprint density at radius 3 is 2.69 bits per heavy atom. The number of ether oxygens (including phenoxy) is 2. The van der Waals surface area contributed by atoms with E-state index in [-0.39, 0.29) is 29.2 Å². The molecule has 0 aromatic heterocycles. The standard InChI is InChI=1S/C22H24N2O5/c1-14(24-10-12-28-13-11-24)29-18-5-3-2-4-16(18)21(26)17-8-6-15-7-9-19(25)23-20(15)22(17)27/h2-6,8,14,27H,7,9-13H2,1H3,(H,23,25). The van der Waals surface area contributed by atoms with Crippen LogP contribution in [0.5, 0.6) is 11.5 Å². The van der Waals surface area contributed by atoms with E-state index in [0.717, 1.165) is 18.7 Å². The Balaban J connectivity index is 1.61. The van der Waals surface area contributed by atoms with Gasteiger partial charge in [-0.1, -0.05) is 18.2 Å². The predicted octanol–water partition coefficient (Wildman–Crippen LogP) is 2.56. The van der Waals surface area contributed by atoms with Gasteiger partial charge in [0.1, 0.15) is 12.0 Å². The number of hydrogen-bond donors (Lipinski definition) is 2. The minimum atomic E-state index is -0.352. The molecule has 2 N–H and O–H groups in total. The van der Waals surface area contributed by atoms with Crippen LogP contribution in [0.4, 0.5) is 5.69 Å². The van der Waals surface area contributed by atoms with Crippen LogP contribution >= 0.6 is 0 Å². The fourth-order valence-corrected chi connectivity index (χ4v) is 3.72. The second-order valence-corrected chi connectivity index (χ2v) is 7.23. The Morgan fingerprint density at radius 2 is 1.90 bits per heavy atom. The second kappa shape index (κ2) is 8.23. The average Bonchev–Trinajstić information content (AvgIpc) is 2.75. The van der Waals surface area contributed by atoms with Crippen molar-refractivity contribution in [2.75, 3.05) is 31.6 Å². The average molecular weight is 396 g/mol. The number of amides is 1. The molecular weight excluding hydrogens is 372 g/mol. The van der Waals surface area contributed by atoms with Crippen LogP contribution in [0.1, 0.15) is 34.8 Å². The van der Waals surface area contributed by atoms with E-state index >= 15 is 0 Å². The number of benzene rings is 2. The Morgan fingerprint density at radius 1 is 1.14 bits per heavy atom. The van der Waals surface area contributed by atoms with Crippen LogP contribution in [0.15, 0.2) is 36.4 Å². The molecule has 0 radical (unpaired) electrons. The lowest BCUT2D eigenvalue weighted by Gasteiger charge is -2.32. The number of morpholine rings is 1. The van der Waals surface area contributed by atoms with E-state index in [2.05, 4.69) is 10.2 Å². The lowest BCUT2D eigenvalue weighted by atomic mass is 9.95. The van der Waals surface area contributed by atoms with Crippen molar-refractivity contribution in [2.45, 2.75) is 26.0 Å². The highest BCUT2D eigenvalue weighted by molar-refractivity contribution is 6.14. The number of nitrogens with zero attached hydrogens (tertiary/aromatic N) is 1. The molecular formula is C22H24N2O5. The number of carbonyl (C=O) groups is 2.